The predicted molar refractivity (Wildman–Crippen MR) is 127 cm³/mol. The van der Waals surface area contributed by atoms with Crippen LogP contribution in [0.4, 0.5) is 5.95 Å². The average molecular weight is 452 g/mol. The van der Waals surface area contributed by atoms with E-state index in [1.807, 2.05) is 38.6 Å². The van der Waals surface area contributed by atoms with Gasteiger partial charge in [-0.1, -0.05) is 17.7 Å². The Morgan fingerprint density at radius 3 is 2.69 bits per heavy atom. The first kappa shape index (κ1) is 19.8. The number of nitrogens with one attached hydrogen (secondary N) is 2. The summed E-state index contributed by atoms with van der Waals surface area (Å²) < 4.78 is 3.42. The highest BCUT2D eigenvalue weighted by Crippen LogP contribution is 2.37. The van der Waals surface area contributed by atoms with E-state index in [1.54, 1.807) is 9.25 Å². The van der Waals surface area contributed by atoms with Gasteiger partial charge in [-0.3, -0.25) is 14.0 Å². The van der Waals surface area contributed by atoms with Crippen molar-refractivity contribution < 1.29 is 0 Å². The third-order valence-corrected chi connectivity index (χ3v) is 7.66. The minimum Gasteiger partial charge on any atom is -0.345 e. The van der Waals surface area contributed by atoms with Gasteiger partial charge in [-0.25, -0.2) is 0 Å². The maximum absolute atomic E-state index is 13.5. The maximum Gasteiger partial charge on any atom is 0.264 e. The maximum atomic E-state index is 13.5. The monoisotopic (exact) mass is 451 g/mol. The number of nitrogens with zero attached hydrogens (tertiary/aromatic N) is 5. The molecule has 1 spiro atoms. The van der Waals surface area contributed by atoms with Crippen molar-refractivity contribution in [3.05, 3.63) is 39.9 Å². The Balaban J connectivity index is 1.41. The molecule has 0 unspecified atom stereocenters. The van der Waals surface area contributed by atoms with Crippen LogP contribution in [0.1, 0.15) is 25.7 Å². The number of H-pyrrole nitrogens is 1. The lowest BCUT2D eigenvalue weighted by Crippen LogP contribution is -2.51. The summed E-state index contributed by atoms with van der Waals surface area (Å²) in [5, 5.41) is 10.1. The van der Waals surface area contributed by atoms with Crippen molar-refractivity contribution in [3.63, 3.8) is 0 Å². The molecular formula is C23H26ClN7O. The normalized spacial score (nSPS) is 18.4. The molecule has 6 rings (SSSR count). The van der Waals surface area contributed by atoms with Crippen molar-refractivity contribution in [1.29, 1.82) is 0 Å². The Labute approximate surface area is 190 Å². The van der Waals surface area contributed by atoms with E-state index in [4.69, 9.17) is 16.6 Å². The van der Waals surface area contributed by atoms with Crippen LogP contribution in [-0.4, -0.2) is 49.5 Å². The number of hydrogen-bond acceptors (Lipinski definition) is 5. The smallest absolute Gasteiger partial charge is 0.264 e. The number of aromatic nitrogens is 5. The molecule has 2 aliphatic heterocycles. The molecule has 32 heavy (non-hydrogen) atoms. The van der Waals surface area contributed by atoms with Gasteiger partial charge in [-0.05, 0) is 38.3 Å². The van der Waals surface area contributed by atoms with Crippen LogP contribution in [0.3, 0.4) is 0 Å². The van der Waals surface area contributed by atoms with Crippen molar-refractivity contribution >= 4 is 39.5 Å². The van der Waals surface area contributed by atoms with Gasteiger partial charge in [0.15, 0.2) is 0 Å². The van der Waals surface area contributed by atoms with Crippen molar-refractivity contribution in [3.8, 4) is 11.1 Å². The lowest BCUT2D eigenvalue weighted by atomic mass is 9.86. The van der Waals surface area contributed by atoms with Crippen molar-refractivity contribution in [2.24, 2.45) is 14.1 Å². The third-order valence-electron chi connectivity index (χ3n) is 7.25. The summed E-state index contributed by atoms with van der Waals surface area (Å²) >= 11 is 6.74. The number of fused-ring (bicyclic) bond motifs is 2. The molecule has 2 fully saturated rings. The number of aryl methyl sites for hydroxylation is 1. The topological polar surface area (TPSA) is 83.8 Å². The third kappa shape index (κ3) is 2.89. The molecule has 2 saturated heterocycles. The Kier molecular flexibility index (Phi) is 4.39. The number of piperidine rings is 1. The van der Waals surface area contributed by atoms with Gasteiger partial charge in [0.25, 0.3) is 5.56 Å². The van der Waals surface area contributed by atoms with Crippen LogP contribution in [0.15, 0.2) is 29.3 Å². The molecule has 0 bridgehead atoms. The molecule has 8 nitrogen and oxygen atoms in total. The quantitative estimate of drug-likeness (QED) is 0.489. The van der Waals surface area contributed by atoms with Crippen molar-refractivity contribution in [2.75, 3.05) is 24.5 Å². The molecule has 9 heteroatoms. The molecule has 0 aliphatic carbocycles. The second-order valence-electron chi connectivity index (χ2n) is 9.16. The molecule has 0 radical (unpaired) electrons. The summed E-state index contributed by atoms with van der Waals surface area (Å²) in [7, 11) is 3.68. The second-order valence-corrected chi connectivity index (χ2v) is 9.54. The number of anilines is 1. The summed E-state index contributed by atoms with van der Waals surface area (Å²) in [5.74, 6) is 0.720. The summed E-state index contributed by atoms with van der Waals surface area (Å²) in [6.45, 7) is 2.91. The van der Waals surface area contributed by atoms with E-state index in [0.29, 0.717) is 16.1 Å². The van der Waals surface area contributed by atoms with Crippen LogP contribution in [-0.2, 0) is 14.1 Å². The molecular weight excluding hydrogens is 426 g/mol. The first-order valence-electron chi connectivity index (χ1n) is 11.2. The van der Waals surface area contributed by atoms with E-state index in [-0.39, 0.29) is 11.1 Å². The largest absolute Gasteiger partial charge is 0.345 e. The van der Waals surface area contributed by atoms with Gasteiger partial charge in [0.1, 0.15) is 5.65 Å². The molecule has 2 aliphatic rings. The number of aromatic amines is 1. The minimum atomic E-state index is -0.0668. The first-order chi connectivity index (χ1) is 15.5. The van der Waals surface area contributed by atoms with Crippen LogP contribution in [0.25, 0.3) is 33.1 Å². The minimum absolute atomic E-state index is 0.0668. The van der Waals surface area contributed by atoms with E-state index >= 15 is 0 Å². The van der Waals surface area contributed by atoms with Gasteiger partial charge >= 0.3 is 0 Å². The van der Waals surface area contributed by atoms with E-state index in [2.05, 4.69) is 20.3 Å². The van der Waals surface area contributed by atoms with Crippen LogP contribution in [0.2, 0.25) is 5.02 Å². The Hall–Kier alpha value is -2.84. The zero-order valence-electron chi connectivity index (χ0n) is 18.3. The molecule has 0 saturated carbocycles. The molecule has 3 aromatic heterocycles. The number of benzene rings is 1. The Morgan fingerprint density at radius 1 is 1.12 bits per heavy atom. The van der Waals surface area contributed by atoms with Gasteiger partial charge in [0, 0.05) is 61.6 Å². The van der Waals surface area contributed by atoms with Crippen molar-refractivity contribution in [1.82, 2.24) is 29.6 Å². The molecule has 0 atom stereocenters. The average Bonchev–Trinajstić information content (AvgIpc) is 3.51. The lowest BCUT2D eigenvalue weighted by molar-refractivity contribution is 0.294. The highest BCUT2D eigenvalue weighted by Gasteiger charge is 2.37. The summed E-state index contributed by atoms with van der Waals surface area (Å²) in [6.07, 6.45) is 8.39. The number of rotatable bonds is 2. The number of halogens is 1. The highest BCUT2D eigenvalue weighted by molar-refractivity contribution is 6.38. The summed E-state index contributed by atoms with van der Waals surface area (Å²) in [6, 6.07) is 3.86. The van der Waals surface area contributed by atoms with E-state index in [1.165, 1.54) is 12.8 Å². The Bertz CT molecular complexity index is 1400. The first-order valence-corrected chi connectivity index (χ1v) is 11.5. The standard InChI is InChI=1S/C23H26ClN7O/c1-29-13-16-17(28-29)5-4-14(19(16)24)15-12-25-20-18(15)21(32)30(2)22(27-20)31-10-7-23(8-11-31)6-3-9-26-23/h4-5,12-13,25-26H,3,6-11H2,1-2H3. The highest BCUT2D eigenvalue weighted by atomic mass is 35.5. The molecule has 0 amide bonds. The van der Waals surface area contributed by atoms with Crippen molar-refractivity contribution in [2.45, 2.75) is 31.2 Å². The Morgan fingerprint density at radius 2 is 1.94 bits per heavy atom. The zero-order chi connectivity index (χ0) is 22.0. The van der Waals surface area contributed by atoms with E-state index in [0.717, 1.165) is 60.5 Å². The molecule has 2 N–H and O–H groups in total. The molecule has 4 aromatic rings. The predicted octanol–water partition coefficient (Wildman–Crippen LogP) is 3.19. The van der Waals surface area contributed by atoms with Gasteiger partial charge < -0.3 is 15.2 Å². The fourth-order valence-electron chi connectivity index (χ4n) is 5.46. The van der Waals surface area contributed by atoms with Crippen LogP contribution in [0, 0.1) is 0 Å². The van der Waals surface area contributed by atoms with Gasteiger partial charge in [-0.15, -0.1) is 0 Å². The number of hydrogen-bond donors (Lipinski definition) is 2. The SMILES string of the molecule is Cn1cc2c(Cl)c(-c3c[nH]c4nc(N5CCC6(CCCN6)CC5)n(C)c(=O)c34)ccc2n1. The second kappa shape index (κ2) is 7.08. The van der Waals surface area contributed by atoms with Crippen LogP contribution in [0.5, 0.6) is 0 Å². The summed E-state index contributed by atoms with van der Waals surface area (Å²) in [4.78, 5) is 23.8. The molecule has 1 aromatic carbocycles. The molecule has 166 valence electrons. The molecule has 5 heterocycles. The van der Waals surface area contributed by atoms with E-state index in [9.17, 15) is 4.79 Å². The van der Waals surface area contributed by atoms with Gasteiger partial charge in [-0.2, -0.15) is 10.1 Å². The fourth-order valence-corrected chi connectivity index (χ4v) is 5.77. The fraction of sp³-hybridized carbons (Fsp3) is 0.435. The lowest BCUT2D eigenvalue weighted by Gasteiger charge is -2.40. The van der Waals surface area contributed by atoms with Crippen LogP contribution < -0.4 is 15.8 Å². The summed E-state index contributed by atoms with van der Waals surface area (Å²) in [5.41, 5.74) is 3.21. The van der Waals surface area contributed by atoms with Gasteiger partial charge in [0.2, 0.25) is 5.95 Å². The van der Waals surface area contributed by atoms with Gasteiger partial charge in [0.05, 0.1) is 15.9 Å². The zero-order valence-corrected chi connectivity index (χ0v) is 19.0. The van der Waals surface area contributed by atoms with Crippen LogP contribution >= 0.6 is 11.6 Å². The van der Waals surface area contributed by atoms with E-state index < -0.39 is 0 Å².